The molecule has 1 heterocycles. The third-order valence-corrected chi connectivity index (χ3v) is 4.60. The van der Waals surface area contributed by atoms with Crippen molar-refractivity contribution in [2.75, 3.05) is 13.1 Å². The molecule has 0 bridgehead atoms. The van der Waals surface area contributed by atoms with E-state index in [1.54, 1.807) is 36.1 Å². The van der Waals surface area contributed by atoms with Crippen LogP contribution < -0.4 is 5.32 Å². The molecule has 1 aromatic rings. The molecule has 1 aliphatic heterocycles. The Hall–Kier alpha value is -2.08. The summed E-state index contributed by atoms with van der Waals surface area (Å²) in [5, 5.41) is 12.4. The zero-order chi connectivity index (χ0) is 17.7. The highest BCUT2D eigenvalue weighted by atomic mass is 35.5. The minimum absolute atomic E-state index is 0.0630. The Morgan fingerprint density at radius 3 is 2.54 bits per heavy atom. The molecule has 7 heteroatoms. The number of rotatable bonds is 6. The molecule has 0 saturated carbocycles. The Balaban J connectivity index is 1.72. The lowest BCUT2D eigenvalue weighted by atomic mass is 10.0. The third kappa shape index (κ3) is 4.47. The molecule has 130 valence electrons. The fraction of sp³-hybridized carbons (Fsp3) is 0.471. The van der Waals surface area contributed by atoms with Crippen molar-refractivity contribution in [1.29, 1.82) is 0 Å². The Bertz CT molecular complexity index is 618. The number of carboxylic acids is 1. The first-order valence-electron chi connectivity index (χ1n) is 7.96. The molecular weight excluding hydrogens is 332 g/mol. The van der Waals surface area contributed by atoms with Crippen LogP contribution in [0.3, 0.4) is 0 Å². The van der Waals surface area contributed by atoms with E-state index in [2.05, 4.69) is 5.32 Å². The molecule has 1 aromatic carbocycles. The number of halogens is 1. The Morgan fingerprint density at radius 2 is 1.96 bits per heavy atom. The summed E-state index contributed by atoms with van der Waals surface area (Å²) in [6.07, 6.45) is 1.30. The van der Waals surface area contributed by atoms with Gasteiger partial charge < -0.3 is 15.3 Å². The van der Waals surface area contributed by atoms with Gasteiger partial charge in [-0.2, -0.15) is 0 Å². The van der Waals surface area contributed by atoms with Gasteiger partial charge in [-0.05, 0) is 44.0 Å². The molecule has 2 unspecified atom stereocenters. The average Bonchev–Trinajstić information content (AvgIpc) is 2.93. The van der Waals surface area contributed by atoms with Crippen LogP contribution in [-0.4, -0.2) is 46.9 Å². The van der Waals surface area contributed by atoms with Gasteiger partial charge in [0.15, 0.2) is 0 Å². The van der Waals surface area contributed by atoms with Crippen LogP contribution in [0.4, 0.5) is 0 Å². The highest BCUT2D eigenvalue weighted by Crippen LogP contribution is 2.25. The summed E-state index contributed by atoms with van der Waals surface area (Å²) in [5.41, 5.74) is 0.517. The molecule has 1 saturated heterocycles. The summed E-state index contributed by atoms with van der Waals surface area (Å²) in [6, 6.07) is 6.29. The number of amides is 2. The predicted molar refractivity (Wildman–Crippen MR) is 89.9 cm³/mol. The van der Waals surface area contributed by atoms with Crippen molar-refractivity contribution in [3.8, 4) is 0 Å². The lowest BCUT2D eigenvalue weighted by Gasteiger charge is -2.23. The van der Waals surface area contributed by atoms with Crippen molar-refractivity contribution in [1.82, 2.24) is 10.2 Å². The van der Waals surface area contributed by atoms with Gasteiger partial charge in [-0.25, -0.2) is 0 Å². The van der Waals surface area contributed by atoms with Crippen LogP contribution >= 0.6 is 11.6 Å². The molecule has 2 N–H and O–H groups in total. The average molecular weight is 353 g/mol. The quantitative estimate of drug-likeness (QED) is 0.768. The van der Waals surface area contributed by atoms with E-state index in [1.165, 1.54) is 0 Å². The first-order valence-corrected chi connectivity index (χ1v) is 8.34. The SMILES string of the molecule is CC1C(C(=O)O)CCN1C(=O)CCCNC(=O)c1ccc(Cl)cc1. The van der Waals surface area contributed by atoms with E-state index >= 15 is 0 Å². The summed E-state index contributed by atoms with van der Waals surface area (Å²) in [7, 11) is 0. The first kappa shape index (κ1) is 18.3. The van der Waals surface area contributed by atoms with Crippen LogP contribution in [0.1, 0.15) is 36.5 Å². The zero-order valence-corrected chi connectivity index (χ0v) is 14.3. The van der Waals surface area contributed by atoms with E-state index < -0.39 is 11.9 Å². The fourth-order valence-corrected chi connectivity index (χ4v) is 3.04. The highest BCUT2D eigenvalue weighted by Gasteiger charge is 2.37. The summed E-state index contributed by atoms with van der Waals surface area (Å²) in [4.78, 5) is 36.8. The zero-order valence-electron chi connectivity index (χ0n) is 13.5. The van der Waals surface area contributed by atoms with Crippen molar-refractivity contribution < 1.29 is 19.5 Å². The number of carbonyl (C=O) groups is 3. The number of nitrogens with one attached hydrogen (secondary N) is 1. The molecular formula is C17H21ClN2O4. The molecule has 24 heavy (non-hydrogen) atoms. The van der Waals surface area contributed by atoms with Gasteiger partial charge in [-0.3, -0.25) is 14.4 Å². The number of carbonyl (C=O) groups excluding carboxylic acids is 2. The van der Waals surface area contributed by atoms with E-state index in [4.69, 9.17) is 16.7 Å². The summed E-state index contributed by atoms with van der Waals surface area (Å²) >= 11 is 5.77. The number of benzene rings is 1. The largest absolute Gasteiger partial charge is 0.481 e. The maximum absolute atomic E-state index is 12.2. The normalized spacial score (nSPS) is 20.0. The minimum Gasteiger partial charge on any atom is -0.481 e. The monoisotopic (exact) mass is 352 g/mol. The first-order chi connectivity index (χ1) is 11.4. The van der Waals surface area contributed by atoms with E-state index in [1.807, 2.05) is 0 Å². The molecule has 0 aliphatic carbocycles. The Kier molecular flexibility index (Phi) is 6.20. The van der Waals surface area contributed by atoms with E-state index in [-0.39, 0.29) is 24.3 Å². The number of aliphatic carboxylic acids is 1. The van der Waals surface area contributed by atoms with Gasteiger partial charge in [0, 0.05) is 36.1 Å². The molecule has 2 rings (SSSR count). The fourth-order valence-electron chi connectivity index (χ4n) is 2.91. The summed E-state index contributed by atoms with van der Waals surface area (Å²) in [6.45, 7) is 2.64. The molecule has 2 amide bonds. The molecule has 0 radical (unpaired) electrons. The van der Waals surface area contributed by atoms with Gasteiger partial charge in [0.05, 0.1) is 5.92 Å². The van der Waals surface area contributed by atoms with Crippen molar-refractivity contribution in [3.63, 3.8) is 0 Å². The summed E-state index contributed by atoms with van der Waals surface area (Å²) in [5.74, 6) is -1.61. The number of carboxylic acid groups (broad SMARTS) is 1. The smallest absolute Gasteiger partial charge is 0.308 e. The highest BCUT2D eigenvalue weighted by molar-refractivity contribution is 6.30. The number of hydrogen-bond donors (Lipinski definition) is 2. The number of likely N-dealkylation sites (tertiary alicyclic amines) is 1. The van der Waals surface area contributed by atoms with Gasteiger partial charge in [0.2, 0.25) is 5.91 Å². The second-order valence-corrected chi connectivity index (χ2v) is 6.36. The molecule has 1 fully saturated rings. The number of hydrogen-bond acceptors (Lipinski definition) is 3. The Labute approximate surface area is 145 Å². The molecule has 1 aliphatic rings. The Morgan fingerprint density at radius 1 is 1.29 bits per heavy atom. The topological polar surface area (TPSA) is 86.7 Å². The molecule has 2 atom stereocenters. The van der Waals surface area contributed by atoms with Gasteiger partial charge in [-0.1, -0.05) is 11.6 Å². The summed E-state index contributed by atoms with van der Waals surface area (Å²) < 4.78 is 0. The molecule has 0 spiro atoms. The van der Waals surface area contributed by atoms with E-state index in [0.717, 1.165) is 0 Å². The van der Waals surface area contributed by atoms with Crippen molar-refractivity contribution in [2.45, 2.75) is 32.2 Å². The lowest BCUT2D eigenvalue weighted by Crippen LogP contribution is -2.38. The lowest BCUT2D eigenvalue weighted by molar-refractivity contribution is -0.143. The van der Waals surface area contributed by atoms with E-state index in [0.29, 0.717) is 36.5 Å². The predicted octanol–water partition coefficient (Wildman–Crippen LogP) is 2.17. The van der Waals surface area contributed by atoms with Crippen LogP contribution in [0.2, 0.25) is 5.02 Å². The van der Waals surface area contributed by atoms with Gasteiger partial charge in [0.25, 0.3) is 5.91 Å². The van der Waals surface area contributed by atoms with Crippen molar-refractivity contribution >= 4 is 29.4 Å². The maximum Gasteiger partial charge on any atom is 0.308 e. The van der Waals surface area contributed by atoms with Crippen molar-refractivity contribution in [3.05, 3.63) is 34.9 Å². The van der Waals surface area contributed by atoms with Gasteiger partial charge >= 0.3 is 5.97 Å². The maximum atomic E-state index is 12.2. The minimum atomic E-state index is -0.854. The second kappa shape index (κ2) is 8.15. The van der Waals surface area contributed by atoms with Gasteiger partial charge in [0.1, 0.15) is 0 Å². The third-order valence-electron chi connectivity index (χ3n) is 4.35. The number of nitrogens with zero attached hydrogens (tertiary/aromatic N) is 1. The van der Waals surface area contributed by atoms with Crippen LogP contribution in [0.25, 0.3) is 0 Å². The van der Waals surface area contributed by atoms with Crippen LogP contribution in [0, 0.1) is 5.92 Å². The van der Waals surface area contributed by atoms with Gasteiger partial charge in [-0.15, -0.1) is 0 Å². The molecule has 0 aromatic heterocycles. The van der Waals surface area contributed by atoms with Crippen molar-refractivity contribution in [2.24, 2.45) is 5.92 Å². The molecule has 6 nitrogen and oxygen atoms in total. The van der Waals surface area contributed by atoms with Crippen LogP contribution in [-0.2, 0) is 9.59 Å². The van der Waals surface area contributed by atoms with E-state index in [9.17, 15) is 14.4 Å². The van der Waals surface area contributed by atoms with Crippen LogP contribution in [0.5, 0.6) is 0 Å². The standard InChI is InChI=1S/C17H21ClN2O4/c1-11-14(17(23)24)8-10-20(11)15(21)3-2-9-19-16(22)12-4-6-13(18)7-5-12/h4-7,11,14H,2-3,8-10H2,1H3,(H,19,22)(H,23,24). The van der Waals surface area contributed by atoms with Crippen LogP contribution in [0.15, 0.2) is 24.3 Å². The second-order valence-electron chi connectivity index (χ2n) is 5.93.